The van der Waals surface area contributed by atoms with Gasteiger partial charge >= 0.3 is 0 Å². The standard InChI is InChI=1S/C13H23N3O3S/c1-11-5-3-4-7-15(11)20(18,19)16-8-6-13(14-10-17)9-12(16)2/h11-13H,3-9H2,1-2H3. The van der Waals surface area contributed by atoms with E-state index in [9.17, 15) is 13.2 Å². The van der Waals surface area contributed by atoms with Crippen LogP contribution in [0.5, 0.6) is 0 Å². The average molecular weight is 301 g/mol. The third-order valence-corrected chi connectivity index (χ3v) is 6.63. The molecular weight excluding hydrogens is 278 g/mol. The summed E-state index contributed by atoms with van der Waals surface area (Å²) < 4.78 is 28.8. The summed E-state index contributed by atoms with van der Waals surface area (Å²) >= 11 is 0. The van der Waals surface area contributed by atoms with Crippen molar-refractivity contribution in [3.05, 3.63) is 0 Å². The van der Waals surface area contributed by atoms with E-state index in [0.29, 0.717) is 25.9 Å². The van der Waals surface area contributed by atoms with Gasteiger partial charge in [-0.05, 0) is 39.5 Å². The van der Waals surface area contributed by atoms with Crippen molar-refractivity contribution in [2.24, 2.45) is 4.99 Å². The summed E-state index contributed by atoms with van der Waals surface area (Å²) in [4.78, 5) is 14.1. The first-order chi connectivity index (χ1) is 9.46. The molecule has 0 saturated carbocycles. The van der Waals surface area contributed by atoms with Crippen LogP contribution >= 0.6 is 0 Å². The highest BCUT2D eigenvalue weighted by atomic mass is 32.2. The largest absolute Gasteiger partial charge is 0.282 e. The number of isocyanates is 1. The van der Waals surface area contributed by atoms with Crippen LogP contribution in [0.1, 0.15) is 46.0 Å². The molecule has 114 valence electrons. The van der Waals surface area contributed by atoms with Crippen molar-refractivity contribution < 1.29 is 13.2 Å². The Balaban J connectivity index is 2.12. The molecule has 0 aromatic heterocycles. The van der Waals surface area contributed by atoms with Crippen molar-refractivity contribution in [1.29, 1.82) is 0 Å². The highest BCUT2D eigenvalue weighted by Gasteiger charge is 2.39. The van der Waals surface area contributed by atoms with E-state index in [1.165, 1.54) is 0 Å². The normalized spacial score (nSPS) is 33.6. The Bertz CT molecular complexity index is 487. The van der Waals surface area contributed by atoms with Gasteiger partial charge in [0.05, 0.1) is 6.04 Å². The van der Waals surface area contributed by atoms with Gasteiger partial charge in [-0.3, -0.25) is 0 Å². The molecule has 7 heteroatoms. The molecule has 0 radical (unpaired) electrons. The second-order valence-corrected chi connectivity index (χ2v) is 7.66. The zero-order chi connectivity index (χ0) is 14.8. The van der Waals surface area contributed by atoms with Crippen LogP contribution < -0.4 is 0 Å². The molecule has 2 aliphatic heterocycles. The zero-order valence-corrected chi connectivity index (χ0v) is 13.0. The van der Waals surface area contributed by atoms with Gasteiger partial charge in [-0.25, -0.2) is 9.79 Å². The van der Waals surface area contributed by atoms with E-state index < -0.39 is 10.2 Å². The molecule has 2 rings (SSSR count). The van der Waals surface area contributed by atoms with Crippen molar-refractivity contribution in [2.45, 2.75) is 64.1 Å². The van der Waals surface area contributed by atoms with E-state index in [-0.39, 0.29) is 18.1 Å². The number of nitrogens with zero attached hydrogens (tertiary/aromatic N) is 3. The minimum Gasteiger partial charge on any atom is -0.211 e. The van der Waals surface area contributed by atoms with E-state index in [1.54, 1.807) is 14.7 Å². The molecule has 0 aromatic rings. The van der Waals surface area contributed by atoms with Crippen LogP contribution in [0.25, 0.3) is 0 Å². The predicted octanol–water partition coefficient (Wildman–Crippen LogP) is 1.29. The van der Waals surface area contributed by atoms with Gasteiger partial charge in [0.15, 0.2) is 0 Å². The number of rotatable bonds is 3. The molecule has 0 aromatic carbocycles. The Kier molecular flexibility index (Phi) is 4.96. The smallest absolute Gasteiger partial charge is 0.211 e. The quantitative estimate of drug-likeness (QED) is 0.582. The number of piperidine rings is 2. The monoisotopic (exact) mass is 301 g/mol. The summed E-state index contributed by atoms with van der Waals surface area (Å²) in [6.45, 7) is 4.91. The highest BCUT2D eigenvalue weighted by molar-refractivity contribution is 7.86. The average Bonchev–Trinajstić information content (AvgIpc) is 2.39. The van der Waals surface area contributed by atoms with Crippen molar-refractivity contribution in [3.63, 3.8) is 0 Å². The van der Waals surface area contributed by atoms with Gasteiger partial charge in [0.1, 0.15) is 0 Å². The van der Waals surface area contributed by atoms with E-state index in [1.807, 2.05) is 13.8 Å². The number of carbonyl (C=O) groups excluding carboxylic acids is 1. The molecule has 3 unspecified atom stereocenters. The molecule has 0 bridgehead atoms. The van der Waals surface area contributed by atoms with Crippen molar-refractivity contribution in [2.75, 3.05) is 13.1 Å². The predicted molar refractivity (Wildman–Crippen MR) is 76.3 cm³/mol. The van der Waals surface area contributed by atoms with Crippen LogP contribution in [0.2, 0.25) is 0 Å². The maximum atomic E-state index is 12.8. The number of hydrogen-bond donors (Lipinski definition) is 0. The highest BCUT2D eigenvalue weighted by Crippen LogP contribution is 2.28. The summed E-state index contributed by atoms with van der Waals surface area (Å²) in [5.41, 5.74) is 0. The Morgan fingerprint density at radius 2 is 1.75 bits per heavy atom. The molecule has 2 aliphatic rings. The van der Waals surface area contributed by atoms with Gasteiger partial charge in [0, 0.05) is 25.2 Å². The SMILES string of the molecule is CC1CCCCN1S(=O)(=O)N1CCC(N=C=O)CC1C. The van der Waals surface area contributed by atoms with E-state index in [4.69, 9.17) is 0 Å². The van der Waals surface area contributed by atoms with E-state index in [2.05, 4.69) is 4.99 Å². The van der Waals surface area contributed by atoms with E-state index in [0.717, 1.165) is 19.3 Å². The first-order valence-electron chi connectivity index (χ1n) is 7.32. The maximum absolute atomic E-state index is 12.8. The van der Waals surface area contributed by atoms with Crippen LogP contribution in [-0.4, -0.2) is 54.3 Å². The minimum atomic E-state index is -3.40. The summed E-state index contributed by atoms with van der Waals surface area (Å²) in [7, 11) is -3.40. The lowest BCUT2D eigenvalue weighted by Gasteiger charge is -2.41. The molecule has 0 aliphatic carbocycles. The van der Waals surface area contributed by atoms with Crippen molar-refractivity contribution in [3.8, 4) is 0 Å². The second-order valence-electron chi connectivity index (χ2n) is 5.82. The maximum Gasteiger partial charge on any atom is 0.282 e. The van der Waals surface area contributed by atoms with Gasteiger partial charge in [-0.15, -0.1) is 0 Å². The number of aliphatic imine (C=N–C) groups is 1. The molecule has 3 atom stereocenters. The molecular formula is C13H23N3O3S. The van der Waals surface area contributed by atoms with Crippen LogP contribution in [0.4, 0.5) is 0 Å². The fourth-order valence-corrected chi connectivity index (χ4v) is 5.28. The lowest BCUT2D eigenvalue weighted by atomic mass is 10.0. The second kappa shape index (κ2) is 6.35. The summed E-state index contributed by atoms with van der Waals surface area (Å²) in [5.74, 6) is 0. The fourth-order valence-electron chi connectivity index (χ4n) is 3.21. The molecule has 2 saturated heterocycles. The molecule has 0 amide bonds. The molecule has 20 heavy (non-hydrogen) atoms. The van der Waals surface area contributed by atoms with Gasteiger partial charge in [-0.1, -0.05) is 6.42 Å². The third-order valence-electron chi connectivity index (χ3n) is 4.36. The zero-order valence-electron chi connectivity index (χ0n) is 12.2. The van der Waals surface area contributed by atoms with Crippen molar-refractivity contribution >= 4 is 16.3 Å². The Morgan fingerprint density at radius 3 is 2.35 bits per heavy atom. The fraction of sp³-hybridized carbons (Fsp3) is 0.923. The summed E-state index contributed by atoms with van der Waals surface area (Å²) in [6, 6.07) is -0.135. The van der Waals surface area contributed by atoms with Gasteiger partial charge < -0.3 is 0 Å². The van der Waals surface area contributed by atoms with Gasteiger partial charge in [0.2, 0.25) is 6.08 Å². The first kappa shape index (κ1) is 15.6. The molecule has 6 nitrogen and oxygen atoms in total. The molecule has 0 N–H and O–H groups in total. The Morgan fingerprint density at radius 1 is 1.05 bits per heavy atom. The number of hydrogen-bond acceptors (Lipinski definition) is 4. The molecule has 2 heterocycles. The first-order valence-corrected chi connectivity index (χ1v) is 8.72. The lowest BCUT2D eigenvalue weighted by Crippen LogP contribution is -2.54. The third kappa shape index (κ3) is 3.11. The van der Waals surface area contributed by atoms with Gasteiger partial charge in [0.25, 0.3) is 10.2 Å². The molecule has 2 fully saturated rings. The van der Waals surface area contributed by atoms with E-state index >= 15 is 0 Å². The van der Waals surface area contributed by atoms with Crippen LogP contribution in [0.3, 0.4) is 0 Å². The summed E-state index contributed by atoms with van der Waals surface area (Å²) in [5, 5.41) is 0. The van der Waals surface area contributed by atoms with Crippen LogP contribution in [0, 0.1) is 0 Å². The Labute approximate surface area is 121 Å². The van der Waals surface area contributed by atoms with Crippen molar-refractivity contribution in [1.82, 2.24) is 8.61 Å². The summed E-state index contributed by atoms with van der Waals surface area (Å²) in [6.07, 6.45) is 5.73. The van der Waals surface area contributed by atoms with Crippen LogP contribution in [-0.2, 0) is 15.0 Å². The van der Waals surface area contributed by atoms with Crippen LogP contribution in [0.15, 0.2) is 4.99 Å². The van der Waals surface area contributed by atoms with Gasteiger partial charge in [-0.2, -0.15) is 17.0 Å². The lowest BCUT2D eigenvalue weighted by molar-refractivity contribution is 0.201. The minimum absolute atomic E-state index is 0.0756. The Hall–Kier alpha value is -0.750. The molecule has 0 spiro atoms. The topological polar surface area (TPSA) is 70.1 Å².